The summed E-state index contributed by atoms with van der Waals surface area (Å²) in [6, 6.07) is 2.04. The lowest BCUT2D eigenvalue weighted by atomic mass is 10.1. The second-order valence-electron chi connectivity index (χ2n) is 4.10. The summed E-state index contributed by atoms with van der Waals surface area (Å²) in [5, 5.41) is 10.8. The van der Waals surface area contributed by atoms with Gasteiger partial charge in [-0.25, -0.2) is 0 Å². The van der Waals surface area contributed by atoms with Gasteiger partial charge in [0.1, 0.15) is 5.92 Å². The van der Waals surface area contributed by atoms with Gasteiger partial charge >= 0.3 is 5.97 Å². The maximum atomic E-state index is 11.7. The van der Waals surface area contributed by atoms with Crippen molar-refractivity contribution in [3.63, 3.8) is 0 Å². The Morgan fingerprint density at radius 3 is 2.65 bits per heavy atom. The summed E-state index contributed by atoms with van der Waals surface area (Å²) >= 11 is 1.66. The van der Waals surface area contributed by atoms with Crippen LogP contribution in [0.25, 0.3) is 0 Å². The number of carboxylic acid groups (broad SMARTS) is 1. The van der Waals surface area contributed by atoms with Crippen LogP contribution < -0.4 is 0 Å². The summed E-state index contributed by atoms with van der Waals surface area (Å²) in [7, 11) is 1.64. The minimum absolute atomic E-state index is 0.341. The van der Waals surface area contributed by atoms with Crippen molar-refractivity contribution in [2.24, 2.45) is 5.92 Å². The molecule has 94 valence electrons. The molecule has 17 heavy (non-hydrogen) atoms. The van der Waals surface area contributed by atoms with Crippen LogP contribution in [0.3, 0.4) is 0 Å². The molecule has 0 aromatic carbocycles. The van der Waals surface area contributed by atoms with Crippen LogP contribution in [0, 0.1) is 12.8 Å². The number of thiophene rings is 1. The standard InChI is InChI=1S/C12H17NO3S/c1-8-5-7-17-10(8)4-6-13(3)11(14)9(2)12(15)16/h5,7,9H,4,6H2,1-3H3,(H,15,16). The third kappa shape index (κ3) is 3.56. The molecule has 1 aromatic rings. The molecule has 0 aliphatic carbocycles. The van der Waals surface area contributed by atoms with Crippen molar-refractivity contribution >= 4 is 23.2 Å². The molecular formula is C12H17NO3S. The van der Waals surface area contributed by atoms with E-state index in [9.17, 15) is 9.59 Å². The second kappa shape index (κ2) is 5.82. The van der Waals surface area contributed by atoms with Crippen LogP contribution in [0.1, 0.15) is 17.4 Å². The first-order chi connectivity index (χ1) is 7.93. The van der Waals surface area contributed by atoms with Crippen LogP contribution >= 0.6 is 11.3 Å². The van der Waals surface area contributed by atoms with E-state index < -0.39 is 11.9 Å². The highest BCUT2D eigenvalue weighted by molar-refractivity contribution is 7.10. The molecule has 1 N–H and O–H groups in total. The van der Waals surface area contributed by atoms with Crippen LogP contribution in [0.2, 0.25) is 0 Å². The second-order valence-corrected chi connectivity index (χ2v) is 5.10. The van der Waals surface area contributed by atoms with Gasteiger partial charge in [-0.3, -0.25) is 9.59 Å². The number of carbonyl (C=O) groups excluding carboxylic acids is 1. The molecule has 1 heterocycles. The van der Waals surface area contributed by atoms with E-state index in [4.69, 9.17) is 5.11 Å². The largest absolute Gasteiger partial charge is 0.481 e. The van der Waals surface area contributed by atoms with Crippen molar-refractivity contribution in [1.29, 1.82) is 0 Å². The van der Waals surface area contributed by atoms with Gasteiger partial charge in [-0.1, -0.05) is 0 Å². The summed E-state index contributed by atoms with van der Waals surface area (Å²) < 4.78 is 0. The van der Waals surface area contributed by atoms with Crippen LogP contribution in [-0.4, -0.2) is 35.5 Å². The van der Waals surface area contributed by atoms with E-state index in [0.717, 1.165) is 6.42 Å². The Morgan fingerprint density at radius 2 is 2.18 bits per heavy atom. The molecule has 0 aliphatic rings. The number of rotatable bonds is 5. The number of aryl methyl sites for hydroxylation is 1. The van der Waals surface area contributed by atoms with Gasteiger partial charge in [0.15, 0.2) is 0 Å². The topological polar surface area (TPSA) is 57.6 Å². The Hall–Kier alpha value is -1.36. The minimum Gasteiger partial charge on any atom is -0.481 e. The first-order valence-corrected chi connectivity index (χ1v) is 6.32. The van der Waals surface area contributed by atoms with Crippen LogP contribution in [0.4, 0.5) is 0 Å². The summed E-state index contributed by atoms with van der Waals surface area (Å²) in [5.41, 5.74) is 1.22. The number of hydrogen-bond donors (Lipinski definition) is 1. The Morgan fingerprint density at radius 1 is 1.53 bits per heavy atom. The molecule has 1 amide bonds. The smallest absolute Gasteiger partial charge is 0.315 e. The lowest BCUT2D eigenvalue weighted by molar-refractivity contribution is -0.149. The van der Waals surface area contributed by atoms with Crippen molar-refractivity contribution in [3.8, 4) is 0 Å². The van der Waals surface area contributed by atoms with E-state index >= 15 is 0 Å². The third-order valence-electron chi connectivity index (χ3n) is 2.76. The Labute approximate surface area is 105 Å². The van der Waals surface area contributed by atoms with Crippen molar-refractivity contribution in [2.75, 3.05) is 13.6 Å². The van der Waals surface area contributed by atoms with Gasteiger partial charge in [-0.05, 0) is 37.3 Å². The molecule has 5 heteroatoms. The summed E-state index contributed by atoms with van der Waals surface area (Å²) in [6.45, 7) is 4.00. The lowest BCUT2D eigenvalue weighted by Crippen LogP contribution is -2.36. The number of carboxylic acids is 1. The van der Waals surface area contributed by atoms with Gasteiger partial charge in [0, 0.05) is 18.5 Å². The predicted octanol–water partition coefficient (Wildman–Crippen LogP) is 1.78. The molecule has 1 aromatic heterocycles. The molecule has 4 nitrogen and oxygen atoms in total. The SMILES string of the molecule is Cc1ccsc1CCN(C)C(=O)C(C)C(=O)O. The Kier molecular flexibility index (Phi) is 4.69. The predicted molar refractivity (Wildman–Crippen MR) is 67.2 cm³/mol. The summed E-state index contributed by atoms with van der Waals surface area (Å²) in [5.74, 6) is -2.38. The maximum absolute atomic E-state index is 11.7. The van der Waals surface area contributed by atoms with Crippen LogP contribution in [0.15, 0.2) is 11.4 Å². The molecule has 0 fully saturated rings. The molecule has 0 aliphatic heterocycles. The summed E-state index contributed by atoms with van der Waals surface area (Å²) in [6.07, 6.45) is 0.776. The Bertz CT molecular complexity index is 414. The lowest BCUT2D eigenvalue weighted by Gasteiger charge is -2.19. The van der Waals surface area contributed by atoms with Crippen molar-refractivity contribution < 1.29 is 14.7 Å². The first-order valence-electron chi connectivity index (χ1n) is 5.44. The van der Waals surface area contributed by atoms with Crippen molar-refractivity contribution in [1.82, 2.24) is 4.90 Å². The van der Waals surface area contributed by atoms with Gasteiger partial charge in [-0.2, -0.15) is 0 Å². The Balaban J connectivity index is 2.50. The van der Waals surface area contributed by atoms with Crippen LogP contribution in [-0.2, 0) is 16.0 Å². The average molecular weight is 255 g/mol. The van der Waals surface area contributed by atoms with Crippen molar-refractivity contribution in [2.45, 2.75) is 20.3 Å². The normalized spacial score (nSPS) is 12.2. The number of aliphatic carboxylic acids is 1. The molecule has 0 bridgehead atoms. The molecule has 0 saturated heterocycles. The number of hydrogen-bond acceptors (Lipinski definition) is 3. The zero-order chi connectivity index (χ0) is 13.0. The zero-order valence-electron chi connectivity index (χ0n) is 10.3. The fourth-order valence-electron chi connectivity index (χ4n) is 1.48. The molecule has 1 rings (SSSR count). The number of likely N-dealkylation sites (N-methyl/N-ethyl adjacent to an activating group) is 1. The average Bonchev–Trinajstić information content (AvgIpc) is 2.69. The molecule has 0 saturated carbocycles. The fourth-order valence-corrected chi connectivity index (χ4v) is 2.38. The highest BCUT2D eigenvalue weighted by atomic mass is 32.1. The number of carbonyl (C=O) groups is 2. The number of nitrogens with zero attached hydrogens (tertiary/aromatic N) is 1. The number of amides is 1. The molecule has 0 spiro atoms. The van der Waals surface area contributed by atoms with Gasteiger partial charge < -0.3 is 10.0 Å². The quantitative estimate of drug-likeness (QED) is 0.816. The van der Waals surface area contributed by atoms with E-state index in [1.807, 2.05) is 18.4 Å². The van der Waals surface area contributed by atoms with E-state index in [-0.39, 0.29) is 5.91 Å². The van der Waals surface area contributed by atoms with E-state index in [1.54, 1.807) is 18.4 Å². The molecular weight excluding hydrogens is 238 g/mol. The van der Waals surface area contributed by atoms with Gasteiger partial charge in [0.2, 0.25) is 5.91 Å². The molecule has 0 radical (unpaired) electrons. The van der Waals surface area contributed by atoms with Gasteiger partial charge in [-0.15, -0.1) is 11.3 Å². The zero-order valence-corrected chi connectivity index (χ0v) is 11.1. The van der Waals surface area contributed by atoms with E-state index in [1.165, 1.54) is 22.3 Å². The van der Waals surface area contributed by atoms with Gasteiger partial charge in [0.05, 0.1) is 0 Å². The first kappa shape index (κ1) is 13.7. The highest BCUT2D eigenvalue weighted by Gasteiger charge is 2.23. The van der Waals surface area contributed by atoms with Crippen molar-refractivity contribution in [3.05, 3.63) is 21.9 Å². The molecule has 1 unspecified atom stereocenters. The molecule has 1 atom stereocenters. The monoisotopic (exact) mass is 255 g/mol. The maximum Gasteiger partial charge on any atom is 0.315 e. The fraction of sp³-hybridized carbons (Fsp3) is 0.500. The van der Waals surface area contributed by atoms with E-state index in [2.05, 4.69) is 0 Å². The summed E-state index contributed by atoms with van der Waals surface area (Å²) in [4.78, 5) is 25.1. The third-order valence-corrected chi connectivity index (χ3v) is 3.84. The minimum atomic E-state index is -1.07. The van der Waals surface area contributed by atoms with Gasteiger partial charge in [0.25, 0.3) is 0 Å². The van der Waals surface area contributed by atoms with E-state index in [0.29, 0.717) is 6.54 Å². The van der Waals surface area contributed by atoms with Crippen LogP contribution in [0.5, 0.6) is 0 Å². The highest BCUT2D eigenvalue weighted by Crippen LogP contribution is 2.16.